The first-order chi connectivity index (χ1) is 10.5. The molecule has 3 rings (SSSR count). The van der Waals surface area contributed by atoms with Gasteiger partial charge in [0, 0.05) is 20.6 Å². The van der Waals surface area contributed by atoms with Crippen LogP contribution in [0, 0.1) is 0 Å². The van der Waals surface area contributed by atoms with Crippen LogP contribution in [0.1, 0.15) is 19.3 Å². The monoisotopic (exact) mass is 302 g/mol. The largest absolute Gasteiger partial charge is 0.388 e. The number of anilines is 1. The van der Waals surface area contributed by atoms with Gasteiger partial charge in [-0.25, -0.2) is 4.98 Å². The van der Waals surface area contributed by atoms with Crippen LogP contribution in [0.5, 0.6) is 0 Å². The second-order valence-corrected chi connectivity index (χ2v) is 6.29. The number of nitrogens with zero attached hydrogens (tertiary/aromatic N) is 3. The summed E-state index contributed by atoms with van der Waals surface area (Å²) in [5, 5.41) is 10.8. The first-order valence-corrected chi connectivity index (χ1v) is 7.59. The second kappa shape index (κ2) is 5.61. The highest BCUT2D eigenvalue weighted by Gasteiger charge is 2.36. The molecule has 0 aliphatic carbocycles. The van der Waals surface area contributed by atoms with E-state index >= 15 is 0 Å². The molecule has 0 bridgehead atoms. The van der Waals surface area contributed by atoms with Crippen molar-refractivity contribution in [1.82, 2.24) is 14.9 Å². The van der Waals surface area contributed by atoms with Crippen molar-refractivity contribution >= 4 is 22.9 Å². The summed E-state index contributed by atoms with van der Waals surface area (Å²) in [6, 6.07) is 7.86. The van der Waals surface area contributed by atoms with Crippen molar-refractivity contribution in [3.05, 3.63) is 24.3 Å². The molecule has 1 aromatic heterocycles. The number of hydrogen-bond donors (Lipinski definition) is 2. The normalized spacial score (nSPS) is 22.0. The fourth-order valence-corrected chi connectivity index (χ4v) is 2.97. The zero-order chi connectivity index (χ0) is 15.7. The number of piperidine rings is 1. The van der Waals surface area contributed by atoms with Crippen LogP contribution in [-0.2, 0) is 4.79 Å². The number of amides is 1. The van der Waals surface area contributed by atoms with Crippen LogP contribution in [0.4, 0.5) is 5.95 Å². The van der Waals surface area contributed by atoms with Gasteiger partial charge in [0.05, 0.1) is 29.6 Å². The molecule has 2 aromatic rings. The first kappa shape index (κ1) is 14.8. The molecule has 6 nitrogen and oxygen atoms in total. The molecule has 118 valence electrons. The van der Waals surface area contributed by atoms with Crippen molar-refractivity contribution < 1.29 is 9.90 Å². The molecule has 1 amide bonds. The number of aromatic amines is 1. The van der Waals surface area contributed by atoms with Gasteiger partial charge in [-0.1, -0.05) is 12.1 Å². The summed E-state index contributed by atoms with van der Waals surface area (Å²) < 4.78 is 0. The Morgan fingerprint density at radius 3 is 2.95 bits per heavy atom. The minimum atomic E-state index is -0.988. The Hall–Kier alpha value is -2.08. The number of para-hydroxylation sites is 2. The van der Waals surface area contributed by atoms with Crippen LogP contribution in [-0.4, -0.2) is 58.7 Å². The van der Waals surface area contributed by atoms with Gasteiger partial charge in [-0.15, -0.1) is 0 Å². The second-order valence-electron chi connectivity index (χ2n) is 6.29. The molecule has 2 heterocycles. The maximum atomic E-state index is 11.9. The fourth-order valence-electron chi connectivity index (χ4n) is 2.97. The molecule has 1 atom stereocenters. The molecule has 1 saturated heterocycles. The lowest BCUT2D eigenvalue weighted by Crippen LogP contribution is -2.50. The number of hydrogen-bond acceptors (Lipinski definition) is 4. The molecule has 1 unspecified atom stereocenters. The summed E-state index contributed by atoms with van der Waals surface area (Å²) in [6.07, 6.45) is 1.63. The predicted molar refractivity (Wildman–Crippen MR) is 85.8 cm³/mol. The van der Waals surface area contributed by atoms with Crippen LogP contribution in [0.3, 0.4) is 0 Å². The molecular weight excluding hydrogens is 280 g/mol. The third-order valence-electron chi connectivity index (χ3n) is 4.21. The maximum Gasteiger partial charge on any atom is 0.225 e. The van der Waals surface area contributed by atoms with Crippen LogP contribution in [0.15, 0.2) is 24.3 Å². The molecule has 1 fully saturated rings. The van der Waals surface area contributed by atoms with Crippen molar-refractivity contribution in [3.8, 4) is 0 Å². The number of nitrogens with one attached hydrogen (secondary N) is 1. The molecule has 2 N–H and O–H groups in total. The molecule has 22 heavy (non-hydrogen) atoms. The van der Waals surface area contributed by atoms with E-state index in [1.54, 1.807) is 14.1 Å². The van der Waals surface area contributed by atoms with Gasteiger partial charge in [-0.3, -0.25) is 4.79 Å². The lowest BCUT2D eigenvalue weighted by atomic mass is 9.89. The summed E-state index contributed by atoms with van der Waals surface area (Å²) in [4.78, 5) is 23.4. The lowest BCUT2D eigenvalue weighted by molar-refractivity contribution is -0.134. The number of aromatic nitrogens is 2. The minimum absolute atomic E-state index is 0.0473. The summed E-state index contributed by atoms with van der Waals surface area (Å²) >= 11 is 0. The topological polar surface area (TPSA) is 72.5 Å². The highest BCUT2D eigenvalue weighted by Crippen LogP contribution is 2.28. The van der Waals surface area contributed by atoms with E-state index in [4.69, 9.17) is 0 Å². The van der Waals surface area contributed by atoms with Gasteiger partial charge in [0.2, 0.25) is 11.9 Å². The molecule has 1 aromatic carbocycles. The summed E-state index contributed by atoms with van der Waals surface area (Å²) in [5.41, 5.74) is 0.908. The van der Waals surface area contributed by atoms with E-state index in [9.17, 15) is 9.90 Å². The Morgan fingerprint density at radius 1 is 1.45 bits per heavy atom. The van der Waals surface area contributed by atoms with Crippen LogP contribution in [0.2, 0.25) is 0 Å². The van der Waals surface area contributed by atoms with Crippen molar-refractivity contribution in [1.29, 1.82) is 0 Å². The average Bonchev–Trinajstić information content (AvgIpc) is 2.90. The number of carbonyl (C=O) groups excluding carboxylic acids is 1. The van der Waals surface area contributed by atoms with Crippen molar-refractivity contribution in [3.63, 3.8) is 0 Å². The fraction of sp³-hybridized carbons (Fsp3) is 0.500. The average molecular weight is 302 g/mol. The number of benzene rings is 1. The Morgan fingerprint density at radius 2 is 2.23 bits per heavy atom. The smallest absolute Gasteiger partial charge is 0.225 e. The van der Waals surface area contributed by atoms with E-state index in [-0.39, 0.29) is 12.3 Å². The summed E-state index contributed by atoms with van der Waals surface area (Å²) in [7, 11) is 3.43. The highest BCUT2D eigenvalue weighted by atomic mass is 16.3. The molecule has 1 aliphatic rings. The van der Waals surface area contributed by atoms with Crippen LogP contribution >= 0.6 is 0 Å². The Bertz CT molecular complexity index is 649. The van der Waals surface area contributed by atoms with E-state index in [2.05, 4.69) is 9.97 Å². The van der Waals surface area contributed by atoms with Gasteiger partial charge in [0.25, 0.3) is 0 Å². The lowest BCUT2D eigenvalue weighted by Gasteiger charge is -2.39. The summed E-state index contributed by atoms with van der Waals surface area (Å²) in [5.74, 6) is 0.714. The number of H-pyrrole nitrogens is 1. The third-order valence-corrected chi connectivity index (χ3v) is 4.21. The zero-order valence-corrected chi connectivity index (χ0v) is 13.0. The molecule has 0 spiro atoms. The van der Waals surface area contributed by atoms with Gasteiger partial charge in [-0.05, 0) is 25.0 Å². The number of β-amino-alcohol motifs (C(OH)–C–C–N with tert-alkyl or cyclic N) is 1. The Balaban J connectivity index is 1.78. The number of imidazole rings is 1. The van der Waals surface area contributed by atoms with Crippen LogP contribution in [0.25, 0.3) is 11.0 Å². The van der Waals surface area contributed by atoms with E-state index in [0.717, 1.165) is 29.9 Å². The van der Waals surface area contributed by atoms with Crippen molar-refractivity contribution in [2.75, 3.05) is 32.1 Å². The Labute approximate surface area is 129 Å². The van der Waals surface area contributed by atoms with Gasteiger partial charge in [0.15, 0.2) is 0 Å². The zero-order valence-electron chi connectivity index (χ0n) is 13.0. The third kappa shape index (κ3) is 2.92. The SMILES string of the molecule is CN(C)C(=O)CC1(O)CCCN(c2nc3ccccc3[nH]2)C1. The molecule has 0 radical (unpaired) electrons. The first-order valence-electron chi connectivity index (χ1n) is 7.59. The molecule has 1 aliphatic heterocycles. The number of rotatable bonds is 3. The Kier molecular flexibility index (Phi) is 3.78. The van der Waals surface area contributed by atoms with Gasteiger partial charge in [0.1, 0.15) is 0 Å². The maximum absolute atomic E-state index is 11.9. The molecular formula is C16H22N4O2. The van der Waals surface area contributed by atoms with E-state index in [0.29, 0.717) is 13.0 Å². The highest BCUT2D eigenvalue weighted by molar-refractivity contribution is 5.78. The quantitative estimate of drug-likeness (QED) is 0.898. The standard InChI is InChI=1S/C16H22N4O2/c1-19(2)14(21)10-16(22)8-5-9-20(11-16)15-17-12-6-3-4-7-13(12)18-15/h3-4,6-7,22H,5,8-11H2,1-2H3,(H,17,18). The van der Waals surface area contributed by atoms with E-state index in [1.807, 2.05) is 29.2 Å². The number of carbonyl (C=O) groups is 1. The van der Waals surface area contributed by atoms with Crippen molar-refractivity contribution in [2.45, 2.75) is 24.9 Å². The van der Waals surface area contributed by atoms with E-state index in [1.165, 1.54) is 4.90 Å². The minimum Gasteiger partial charge on any atom is -0.388 e. The van der Waals surface area contributed by atoms with Crippen molar-refractivity contribution in [2.24, 2.45) is 0 Å². The van der Waals surface area contributed by atoms with E-state index < -0.39 is 5.60 Å². The number of aliphatic hydroxyl groups is 1. The van der Waals surface area contributed by atoms with Gasteiger partial charge < -0.3 is 19.9 Å². The predicted octanol–water partition coefficient (Wildman–Crippen LogP) is 1.37. The van der Waals surface area contributed by atoms with Gasteiger partial charge >= 0.3 is 0 Å². The van der Waals surface area contributed by atoms with Crippen LogP contribution < -0.4 is 4.90 Å². The molecule has 0 saturated carbocycles. The summed E-state index contributed by atoms with van der Waals surface area (Å²) in [6.45, 7) is 1.25. The molecule has 6 heteroatoms. The number of fused-ring (bicyclic) bond motifs is 1. The van der Waals surface area contributed by atoms with Gasteiger partial charge in [-0.2, -0.15) is 0 Å².